The van der Waals surface area contributed by atoms with Gasteiger partial charge >= 0.3 is 0 Å². The van der Waals surface area contributed by atoms with Crippen LogP contribution in [0.25, 0.3) is 0 Å². The number of rotatable bonds is 9. The van der Waals surface area contributed by atoms with E-state index in [0.29, 0.717) is 18.8 Å². The third-order valence-electron chi connectivity index (χ3n) is 4.57. The fourth-order valence-corrected chi connectivity index (χ4v) is 4.73. The molecule has 2 amide bonds. The number of nitrogens with zero attached hydrogens (tertiary/aromatic N) is 1. The Morgan fingerprint density at radius 3 is 2.18 bits per heavy atom. The van der Waals surface area contributed by atoms with Crippen molar-refractivity contribution in [2.75, 3.05) is 20.2 Å². The van der Waals surface area contributed by atoms with Crippen LogP contribution in [0, 0.1) is 0 Å². The van der Waals surface area contributed by atoms with Gasteiger partial charge in [0.25, 0.3) is 11.8 Å². The van der Waals surface area contributed by atoms with Crippen molar-refractivity contribution in [2.24, 2.45) is 0 Å². The lowest BCUT2D eigenvalue weighted by Crippen LogP contribution is -2.41. The summed E-state index contributed by atoms with van der Waals surface area (Å²) in [5, 5.41) is 0.175. The van der Waals surface area contributed by atoms with E-state index in [1.54, 1.807) is 13.8 Å². The van der Waals surface area contributed by atoms with E-state index in [9.17, 15) is 18.0 Å². The molecule has 2 N–H and O–H groups in total. The van der Waals surface area contributed by atoms with Gasteiger partial charge in [0.1, 0.15) is 0 Å². The maximum atomic E-state index is 12.7. The van der Waals surface area contributed by atoms with Crippen LogP contribution in [0.4, 0.5) is 0 Å². The van der Waals surface area contributed by atoms with Crippen molar-refractivity contribution in [1.82, 2.24) is 15.2 Å². The lowest BCUT2D eigenvalue weighted by Gasteiger charge is -2.18. The van der Waals surface area contributed by atoms with Gasteiger partial charge in [-0.15, -0.1) is 0 Å². The van der Waals surface area contributed by atoms with Gasteiger partial charge in [0.15, 0.2) is 11.5 Å². The summed E-state index contributed by atoms with van der Waals surface area (Å²) < 4.78 is 37.6. The predicted octanol–water partition coefficient (Wildman–Crippen LogP) is 3.24. The van der Waals surface area contributed by atoms with Gasteiger partial charge in [0.05, 0.1) is 23.1 Å². The van der Waals surface area contributed by atoms with E-state index in [1.165, 1.54) is 47.8 Å². The summed E-state index contributed by atoms with van der Waals surface area (Å²) in [6, 6.07) is 8.40. The molecule has 0 aliphatic rings. The highest BCUT2D eigenvalue weighted by Crippen LogP contribution is 2.37. The van der Waals surface area contributed by atoms with Crippen LogP contribution >= 0.6 is 11.6 Å². The first kappa shape index (κ1) is 26.4. The lowest BCUT2D eigenvalue weighted by molar-refractivity contribution is 0.0846. The van der Waals surface area contributed by atoms with E-state index >= 15 is 0 Å². The summed E-state index contributed by atoms with van der Waals surface area (Å²) >= 11 is 6.24. The average molecular weight is 498 g/mol. The van der Waals surface area contributed by atoms with Crippen LogP contribution in [0.5, 0.6) is 11.5 Å². The summed E-state index contributed by atoms with van der Waals surface area (Å²) in [7, 11) is -2.31. The molecule has 2 rings (SSSR count). The topological polar surface area (TPSA) is 114 Å². The van der Waals surface area contributed by atoms with Crippen molar-refractivity contribution in [3.8, 4) is 11.5 Å². The SMILES string of the molecule is CCN(CC)S(=O)(=O)c1cccc(C(=O)NNC(=O)c2cc(Cl)c(OC(C)C)c(OC)c2)c1. The Labute approximate surface area is 199 Å². The number of ether oxygens (including phenoxy) is 2. The third kappa shape index (κ3) is 6.37. The highest BCUT2D eigenvalue weighted by atomic mass is 35.5. The third-order valence-corrected chi connectivity index (χ3v) is 6.90. The van der Waals surface area contributed by atoms with Crippen LogP contribution in [0.1, 0.15) is 48.4 Å². The molecule has 2 aromatic carbocycles. The van der Waals surface area contributed by atoms with Gasteiger partial charge in [-0.3, -0.25) is 20.4 Å². The Hall–Kier alpha value is -2.82. The van der Waals surface area contributed by atoms with Gasteiger partial charge < -0.3 is 9.47 Å². The fraction of sp³-hybridized carbons (Fsp3) is 0.364. The maximum Gasteiger partial charge on any atom is 0.269 e. The molecular formula is C22H28ClN3O6S. The quantitative estimate of drug-likeness (QED) is 0.514. The molecule has 0 radical (unpaired) electrons. The predicted molar refractivity (Wildman–Crippen MR) is 125 cm³/mol. The molecule has 0 heterocycles. The summed E-state index contributed by atoms with van der Waals surface area (Å²) in [6.07, 6.45) is -0.156. The normalized spacial score (nSPS) is 11.4. The number of benzene rings is 2. The molecule has 0 saturated heterocycles. The van der Waals surface area contributed by atoms with Gasteiger partial charge in [-0.25, -0.2) is 8.42 Å². The van der Waals surface area contributed by atoms with Crippen LogP contribution in [0.3, 0.4) is 0 Å². The molecule has 11 heteroatoms. The number of hydrazine groups is 1. The molecule has 0 aliphatic carbocycles. The lowest BCUT2D eigenvalue weighted by atomic mass is 10.2. The monoisotopic (exact) mass is 497 g/mol. The van der Waals surface area contributed by atoms with E-state index in [2.05, 4.69) is 10.9 Å². The van der Waals surface area contributed by atoms with Gasteiger partial charge in [-0.2, -0.15) is 4.31 Å². The average Bonchev–Trinajstić information content (AvgIpc) is 2.78. The summed E-state index contributed by atoms with van der Waals surface area (Å²) in [5.41, 5.74) is 4.76. The van der Waals surface area contributed by atoms with Gasteiger partial charge in [-0.1, -0.05) is 31.5 Å². The highest BCUT2D eigenvalue weighted by molar-refractivity contribution is 7.89. The van der Waals surface area contributed by atoms with Gasteiger partial charge in [-0.05, 0) is 44.2 Å². The molecule has 0 unspecified atom stereocenters. The number of methoxy groups -OCH3 is 1. The Bertz CT molecular complexity index is 1120. The van der Waals surface area contributed by atoms with Crippen molar-refractivity contribution >= 4 is 33.4 Å². The fourth-order valence-electron chi connectivity index (χ4n) is 2.97. The van der Waals surface area contributed by atoms with E-state index < -0.39 is 21.8 Å². The van der Waals surface area contributed by atoms with Crippen molar-refractivity contribution in [3.05, 3.63) is 52.5 Å². The molecule has 180 valence electrons. The Morgan fingerprint density at radius 1 is 1.03 bits per heavy atom. The Morgan fingerprint density at radius 2 is 1.64 bits per heavy atom. The largest absolute Gasteiger partial charge is 0.493 e. The smallest absolute Gasteiger partial charge is 0.269 e. The molecule has 9 nitrogen and oxygen atoms in total. The molecule has 0 spiro atoms. The van der Waals surface area contributed by atoms with E-state index in [-0.39, 0.29) is 32.9 Å². The van der Waals surface area contributed by atoms with Crippen molar-refractivity contribution in [2.45, 2.75) is 38.7 Å². The van der Waals surface area contributed by atoms with Gasteiger partial charge in [0.2, 0.25) is 10.0 Å². The molecule has 33 heavy (non-hydrogen) atoms. The number of nitrogens with one attached hydrogen (secondary N) is 2. The van der Waals surface area contributed by atoms with Crippen molar-refractivity contribution < 1.29 is 27.5 Å². The number of hydrogen-bond donors (Lipinski definition) is 2. The summed E-state index contributed by atoms with van der Waals surface area (Å²) in [4.78, 5) is 25.1. The zero-order valence-corrected chi connectivity index (χ0v) is 20.7. The van der Waals surface area contributed by atoms with Crippen LogP contribution in [0.2, 0.25) is 5.02 Å². The van der Waals surface area contributed by atoms with Crippen molar-refractivity contribution in [3.63, 3.8) is 0 Å². The molecule has 0 bridgehead atoms. The second-order valence-corrected chi connectivity index (χ2v) is 9.53. The van der Waals surface area contributed by atoms with E-state index in [1.807, 2.05) is 13.8 Å². The molecule has 0 aromatic heterocycles. The first-order valence-electron chi connectivity index (χ1n) is 10.3. The molecule has 0 saturated carbocycles. The van der Waals surface area contributed by atoms with Crippen LogP contribution in [0.15, 0.2) is 41.3 Å². The number of carbonyl (C=O) groups is 2. The zero-order valence-electron chi connectivity index (χ0n) is 19.1. The standard InChI is InChI=1S/C22H28ClN3O6S/c1-6-26(7-2)33(29,30)17-10-8-9-15(11-17)21(27)24-25-22(28)16-12-18(23)20(32-14(3)4)19(13-16)31-5/h8-14H,6-7H2,1-5H3,(H,24,27)(H,25,28). The number of hydrogen-bond acceptors (Lipinski definition) is 6. The van der Waals surface area contributed by atoms with Crippen LogP contribution < -0.4 is 20.3 Å². The van der Waals surface area contributed by atoms with Crippen LogP contribution in [-0.2, 0) is 10.0 Å². The first-order valence-corrected chi connectivity index (χ1v) is 12.1. The molecule has 2 aromatic rings. The van der Waals surface area contributed by atoms with Crippen LogP contribution in [-0.4, -0.2) is 50.8 Å². The number of amides is 2. The minimum Gasteiger partial charge on any atom is -0.493 e. The second kappa shape index (κ2) is 11.4. The molecular weight excluding hydrogens is 470 g/mol. The number of halogens is 1. The molecule has 0 fully saturated rings. The number of sulfonamides is 1. The van der Waals surface area contributed by atoms with E-state index in [4.69, 9.17) is 21.1 Å². The molecule has 0 aliphatic heterocycles. The molecule has 0 atom stereocenters. The highest BCUT2D eigenvalue weighted by Gasteiger charge is 2.23. The Kier molecular flexibility index (Phi) is 9.09. The van der Waals surface area contributed by atoms with E-state index in [0.717, 1.165) is 0 Å². The minimum atomic E-state index is -3.73. The zero-order chi connectivity index (χ0) is 24.8. The number of carbonyl (C=O) groups excluding carboxylic acids is 2. The second-order valence-electron chi connectivity index (χ2n) is 7.18. The van der Waals surface area contributed by atoms with Gasteiger partial charge in [0, 0.05) is 24.2 Å². The minimum absolute atomic E-state index is 0.0116. The Balaban J connectivity index is 2.17. The first-order chi connectivity index (χ1) is 15.5. The summed E-state index contributed by atoms with van der Waals surface area (Å²) in [6.45, 7) is 7.73. The maximum absolute atomic E-state index is 12.7. The summed E-state index contributed by atoms with van der Waals surface area (Å²) in [5.74, 6) is -0.757. The van der Waals surface area contributed by atoms with Crippen molar-refractivity contribution in [1.29, 1.82) is 0 Å².